The highest BCUT2D eigenvalue weighted by molar-refractivity contribution is 5.83. The molecule has 1 unspecified atom stereocenters. The van der Waals surface area contributed by atoms with E-state index in [-0.39, 0.29) is 11.9 Å². The summed E-state index contributed by atoms with van der Waals surface area (Å²) in [6.45, 7) is 5.58. The van der Waals surface area contributed by atoms with E-state index in [1.807, 2.05) is 19.4 Å². The molecule has 0 N–H and O–H groups in total. The van der Waals surface area contributed by atoms with E-state index < -0.39 is 0 Å². The number of rotatable bonds is 6. The summed E-state index contributed by atoms with van der Waals surface area (Å²) in [5.74, 6) is 0.213. The van der Waals surface area contributed by atoms with Gasteiger partial charge in [-0.15, -0.1) is 0 Å². The lowest BCUT2D eigenvalue weighted by Crippen LogP contribution is -2.46. The second kappa shape index (κ2) is 6.82. The van der Waals surface area contributed by atoms with E-state index >= 15 is 0 Å². The molecule has 1 aromatic rings. The number of ketones is 1. The van der Waals surface area contributed by atoms with Gasteiger partial charge >= 0.3 is 0 Å². The summed E-state index contributed by atoms with van der Waals surface area (Å²) in [6, 6.07) is 0. The van der Waals surface area contributed by atoms with Crippen LogP contribution in [0.25, 0.3) is 0 Å². The van der Waals surface area contributed by atoms with Crippen molar-refractivity contribution in [2.24, 2.45) is 7.05 Å². The monoisotopic (exact) mass is 265 g/mol. The molecule has 1 aliphatic rings. The maximum Gasteiger partial charge on any atom is 0.163 e. The summed E-state index contributed by atoms with van der Waals surface area (Å²) in [7, 11) is 1.89. The lowest BCUT2D eigenvalue weighted by Gasteiger charge is -2.31. The molecule has 0 aromatic carbocycles. The number of aryl methyl sites for hydroxylation is 2. The largest absolute Gasteiger partial charge is 0.368 e. The number of nitrogens with zero attached hydrogens (tertiary/aromatic N) is 3. The third kappa shape index (κ3) is 4.14. The molecule has 0 amide bonds. The second-order valence-corrected chi connectivity index (χ2v) is 5.15. The van der Waals surface area contributed by atoms with Crippen LogP contribution in [0.1, 0.15) is 25.3 Å². The van der Waals surface area contributed by atoms with Crippen LogP contribution in [0.15, 0.2) is 12.4 Å². The highest BCUT2D eigenvalue weighted by Gasteiger charge is 2.25. The van der Waals surface area contributed by atoms with E-state index in [2.05, 4.69) is 16.9 Å². The van der Waals surface area contributed by atoms with Crippen molar-refractivity contribution in [2.45, 2.75) is 32.3 Å². The smallest absolute Gasteiger partial charge is 0.163 e. The van der Waals surface area contributed by atoms with Crippen molar-refractivity contribution < 1.29 is 9.53 Å². The minimum Gasteiger partial charge on any atom is -0.368 e. The molecule has 1 aromatic heterocycles. The number of carbonyl (C=O) groups excluding carboxylic acids is 1. The van der Waals surface area contributed by atoms with Crippen LogP contribution in [0, 0.1) is 0 Å². The molecule has 2 rings (SSSR count). The van der Waals surface area contributed by atoms with Crippen molar-refractivity contribution in [3.8, 4) is 0 Å². The number of hydrogen-bond donors (Lipinski definition) is 0. The summed E-state index contributed by atoms with van der Waals surface area (Å²) in [6.07, 6.45) is 5.95. The van der Waals surface area contributed by atoms with Gasteiger partial charge in [-0.1, -0.05) is 6.92 Å². The van der Waals surface area contributed by atoms with Gasteiger partial charge < -0.3 is 4.74 Å². The second-order valence-electron chi connectivity index (χ2n) is 5.15. The zero-order valence-corrected chi connectivity index (χ0v) is 11.8. The fourth-order valence-corrected chi connectivity index (χ4v) is 2.45. The van der Waals surface area contributed by atoms with Crippen molar-refractivity contribution in [2.75, 3.05) is 26.2 Å². The Morgan fingerprint density at radius 3 is 3.11 bits per heavy atom. The molecule has 0 saturated carbocycles. The van der Waals surface area contributed by atoms with Crippen molar-refractivity contribution in [1.82, 2.24) is 14.7 Å². The normalized spacial score (nSPS) is 20.6. The van der Waals surface area contributed by atoms with Gasteiger partial charge in [0.2, 0.25) is 0 Å². The van der Waals surface area contributed by atoms with Gasteiger partial charge in [-0.3, -0.25) is 14.4 Å². The maximum atomic E-state index is 12.1. The summed E-state index contributed by atoms with van der Waals surface area (Å²) in [4.78, 5) is 14.5. The summed E-state index contributed by atoms with van der Waals surface area (Å²) >= 11 is 0. The zero-order valence-electron chi connectivity index (χ0n) is 11.8. The van der Waals surface area contributed by atoms with E-state index in [9.17, 15) is 4.79 Å². The molecule has 0 bridgehead atoms. The predicted molar refractivity (Wildman–Crippen MR) is 73.0 cm³/mol. The fourth-order valence-electron chi connectivity index (χ4n) is 2.45. The van der Waals surface area contributed by atoms with Gasteiger partial charge in [0, 0.05) is 32.8 Å². The Labute approximate surface area is 114 Å². The first-order valence-corrected chi connectivity index (χ1v) is 7.03. The number of ether oxygens (including phenoxy) is 1. The molecule has 2 heterocycles. The van der Waals surface area contributed by atoms with E-state index in [1.54, 1.807) is 4.68 Å². The molecule has 5 heteroatoms. The first-order chi connectivity index (χ1) is 9.19. The lowest BCUT2D eigenvalue weighted by molar-refractivity contribution is -0.136. The molecular weight excluding hydrogens is 242 g/mol. The van der Waals surface area contributed by atoms with E-state index in [1.165, 1.54) is 0 Å². The number of Topliss-reactive ketones (excluding diaryl/α,β-unsaturated/α-hetero) is 1. The summed E-state index contributed by atoms with van der Waals surface area (Å²) in [5.41, 5.74) is 1.11. The van der Waals surface area contributed by atoms with Gasteiger partial charge in [0.15, 0.2) is 5.78 Å². The van der Waals surface area contributed by atoms with Crippen molar-refractivity contribution in [3.05, 3.63) is 18.0 Å². The Balaban J connectivity index is 1.79. The quantitative estimate of drug-likeness (QED) is 0.771. The zero-order chi connectivity index (χ0) is 13.7. The molecule has 0 spiro atoms. The minimum atomic E-state index is -0.239. The number of hydrogen-bond acceptors (Lipinski definition) is 4. The van der Waals surface area contributed by atoms with Crippen LogP contribution < -0.4 is 0 Å². The maximum absolute atomic E-state index is 12.1. The van der Waals surface area contributed by atoms with Crippen molar-refractivity contribution in [3.63, 3.8) is 0 Å². The molecule has 1 saturated heterocycles. The molecule has 0 aliphatic carbocycles. The van der Waals surface area contributed by atoms with Gasteiger partial charge in [-0.2, -0.15) is 5.10 Å². The lowest BCUT2D eigenvalue weighted by atomic mass is 10.1. The Kier molecular flexibility index (Phi) is 5.10. The first kappa shape index (κ1) is 14.2. The molecular formula is C14H23N3O2. The standard InChI is InChI=1S/C14H23N3O2/c1-3-6-17-7-8-19-14(11-17)13(18)5-4-12-9-15-16(2)10-12/h9-10,14H,3-8,11H2,1-2H3. The summed E-state index contributed by atoms with van der Waals surface area (Å²) < 4.78 is 7.36. The molecule has 1 fully saturated rings. The van der Waals surface area contributed by atoms with Gasteiger partial charge in [0.25, 0.3) is 0 Å². The first-order valence-electron chi connectivity index (χ1n) is 7.03. The van der Waals surface area contributed by atoms with E-state index in [0.717, 1.165) is 38.0 Å². The molecule has 5 nitrogen and oxygen atoms in total. The van der Waals surface area contributed by atoms with Gasteiger partial charge in [0.1, 0.15) is 6.10 Å². The van der Waals surface area contributed by atoms with Crippen molar-refractivity contribution >= 4 is 5.78 Å². The predicted octanol–water partition coefficient (Wildman–Crippen LogP) is 1.03. The summed E-state index contributed by atoms with van der Waals surface area (Å²) in [5, 5.41) is 4.11. The van der Waals surface area contributed by atoms with Crippen LogP contribution in [0.5, 0.6) is 0 Å². The van der Waals surface area contributed by atoms with Crippen LogP contribution in [-0.4, -0.2) is 52.8 Å². The Bertz CT molecular complexity index is 415. The average Bonchev–Trinajstić information content (AvgIpc) is 2.82. The van der Waals surface area contributed by atoms with Crippen LogP contribution >= 0.6 is 0 Å². The average molecular weight is 265 g/mol. The molecule has 0 radical (unpaired) electrons. The molecule has 1 atom stereocenters. The molecule has 1 aliphatic heterocycles. The number of morpholine rings is 1. The van der Waals surface area contributed by atoms with E-state index in [0.29, 0.717) is 13.0 Å². The minimum absolute atomic E-state index is 0.213. The van der Waals surface area contributed by atoms with Crippen LogP contribution in [0.3, 0.4) is 0 Å². The highest BCUT2D eigenvalue weighted by atomic mass is 16.5. The Hall–Kier alpha value is -1.20. The molecule has 19 heavy (non-hydrogen) atoms. The van der Waals surface area contributed by atoms with E-state index in [4.69, 9.17) is 4.74 Å². The number of aromatic nitrogens is 2. The van der Waals surface area contributed by atoms with Gasteiger partial charge in [-0.05, 0) is 24.9 Å². The number of carbonyl (C=O) groups is 1. The highest BCUT2D eigenvalue weighted by Crippen LogP contribution is 2.10. The topological polar surface area (TPSA) is 47.4 Å². The third-order valence-electron chi connectivity index (χ3n) is 3.47. The van der Waals surface area contributed by atoms with Crippen LogP contribution in [0.2, 0.25) is 0 Å². The van der Waals surface area contributed by atoms with Gasteiger partial charge in [-0.25, -0.2) is 0 Å². The fraction of sp³-hybridized carbons (Fsp3) is 0.714. The SMILES string of the molecule is CCCN1CCOC(C(=O)CCc2cnn(C)c2)C1. The van der Waals surface area contributed by atoms with Gasteiger partial charge in [0.05, 0.1) is 12.8 Å². The molecule has 106 valence electrons. The Morgan fingerprint density at radius 1 is 1.58 bits per heavy atom. The van der Waals surface area contributed by atoms with Crippen LogP contribution in [-0.2, 0) is 23.0 Å². The van der Waals surface area contributed by atoms with Crippen LogP contribution in [0.4, 0.5) is 0 Å². The third-order valence-corrected chi connectivity index (χ3v) is 3.47. The van der Waals surface area contributed by atoms with Crippen molar-refractivity contribution in [1.29, 1.82) is 0 Å². The Morgan fingerprint density at radius 2 is 2.42 bits per heavy atom.